The molecule has 1 aromatic rings. The summed E-state index contributed by atoms with van der Waals surface area (Å²) in [6.45, 7) is 2.52. The second-order valence-electron chi connectivity index (χ2n) is 3.87. The molecule has 0 aliphatic carbocycles. The van der Waals surface area contributed by atoms with Crippen LogP contribution in [0.15, 0.2) is 12.1 Å². The van der Waals surface area contributed by atoms with Crippen LogP contribution in [-0.4, -0.2) is 52.3 Å². The summed E-state index contributed by atoms with van der Waals surface area (Å²) in [5.74, 6) is -2.03. The molecule has 0 spiro atoms. The molecule has 0 bridgehead atoms. The lowest BCUT2D eigenvalue weighted by Gasteiger charge is -2.27. The van der Waals surface area contributed by atoms with Crippen LogP contribution in [0, 0.1) is 0 Å². The van der Waals surface area contributed by atoms with Gasteiger partial charge in [0.25, 0.3) is 5.91 Å². The fourth-order valence-electron chi connectivity index (χ4n) is 1.78. The molecule has 0 unspecified atom stereocenters. The normalized spacial score (nSPS) is 15.9. The van der Waals surface area contributed by atoms with Crippen molar-refractivity contribution in [3.63, 3.8) is 0 Å². The first kappa shape index (κ1) is 11.5. The lowest BCUT2D eigenvalue weighted by molar-refractivity contribution is 0.0732. The Morgan fingerprint density at radius 3 is 2.41 bits per heavy atom. The number of phenolic OH excluding ortho intramolecular Hbond substituents is 3. The van der Waals surface area contributed by atoms with Crippen LogP contribution in [-0.2, 0) is 0 Å². The highest BCUT2D eigenvalue weighted by Gasteiger charge is 2.23. The number of nitrogens with one attached hydrogen (secondary N) is 1. The number of phenols is 3. The first-order valence-electron chi connectivity index (χ1n) is 5.35. The topological polar surface area (TPSA) is 93.0 Å². The van der Waals surface area contributed by atoms with E-state index < -0.39 is 17.2 Å². The Morgan fingerprint density at radius 2 is 1.76 bits per heavy atom. The molecule has 1 fully saturated rings. The van der Waals surface area contributed by atoms with Crippen LogP contribution in [0.2, 0.25) is 0 Å². The van der Waals surface area contributed by atoms with Crippen LogP contribution in [0.4, 0.5) is 0 Å². The van der Waals surface area contributed by atoms with Crippen molar-refractivity contribution in [2.75, 3.05) is 26.2 Å². The maximum Gasteiger partial charge on any atom is 0.257 e. The van der Waals surface area contributed by atoms with Gasteiger partial charge in [-0.2, -0.15) is 0 Å². The average Bonchev–Trinajstić information content (AvgIpc) is 2.36. The number of carbonyl (C=O) groups is 1. The van der Waals surface area contributed by atoms with Crippen LogP contribution in [0.5, 0.6) is 17.2 Å². The number of piperazine rings is 1. The van der Waals surface area contributed by atoms with E-state index in [-0.39, 0.29) is 11.5 Å². The third-order valence-electron chi connectivity index (χ3n) is 2.76. The highest BCUT2D eigenvalue weighted by Crippen LogP contribution is 2.37. The van der Waals surface area contributed by atoms with Crippen LogP contribution in [0.1, 0.15) is 10.4 Å². The molecule has 0 atom stereocenters. The third kappa shape index (κ3) is 2.12. The van der Waals surface area contributed by atoms with E-state index in [1.807, 2.05) is 0 Å². The van der Waals surface area contributed by atoms with Crippen LogP contribution in [0.25, 0.3) is 0 Å². The number of nitrogens with zero attached hydrogens (tertiary/aromatic N) is 1. The van der Waals surface area contributed by atoms with Crippen LogP contribution < -0.4 is 5.32 Å². The summed E-state index contributed by atoms with van der Waals surface area (Å²) in [6.07, 6.45) is 0. The minimum atomic E-state index is -0.661. The van der Waals surface area contributed by atoms with Gasteiger partial charge in [0, 0.05) is 26.2 Å². The van der Waals surface area contributed by atoms with Gasteiger partial charge in [0.2, 0.25) is 5.75 Å². The van der Waals surface area contributed by atoms with Gasteiger partial charge in [-0.15, -0.1) is 0 Å². The molecule has 1 aliphatic heterocycles. The Kier molecular flexibility index (Phi) is 3.06. The predicted molar refractivity (Wildman–Crippen MR) is 60.2 cm³/mol. The second kappa shape index (κ2) is 4.50. The number of amides is 1. The summed E-state index contributed by atoms with van der Waals surface area (Å²) in [6, 6.07) is 2.49. The summed E-state index contributed by atoms with van der Waals surface area (Å²) < 4.78 is 0. The fraction of sp³-hybridized carbons (Fsp3) is 0.364. The van der Waals surface area contributed by atoms with Gasteiger partial charge < -0.3 is 25.5 Å². The fourth-order valence-corrected chi connectivity index (χ4v) is 1.78. The van der Waals surface area contributed by atoms with Crippen LogP contribution >= 0.6 is 0 Å². The molecule has 1 amide bonds. The monoisotopic (exact) mass is 238 g/mol. The smallest absolute Gasteiger partial charge is 0.257 e. The molecule has 0 saturated carbocycles. The number of aromatic hydroxyl groups is 3. The van der Waals surface area contributed by atoms with E-state index in [4.69, 9.17) is 0 Å². The summed E-state index contributed by atoms with van der Waals surface area (Å²) in [5, 5.41) is 31.2. The Morgan fingerprint density at radius 1 is 1.12 bits per heavy atom. The lowest BCUT2D eigenvalue weighted by Crippen LogP contribution is -2.46. The van der Waals surface area contributed by atoms with Gasteiger partial charge in [0.05, 0.1) is 5.56 Å². The largest absolute Gasteiger partial charge is 0.504 e. The molecule has 17 heavy (non-hydrogen) atoms. The van der Waals surface area contributed by atoms with E-state index >= 15 is 0 Å². The Balaban J connectivity index is 2.27. The van der Waals surface area contributed by atoms with Crippen molar-refractivity contribution in [3.8, 4) is 17.2 Å². The van der Waals surface area contributed by atoms with E-state index in [0.717, 1.165) is 0 Å². The van der Waals surface area contributed by atoms with E-state index in [2.05, 4.69) is 5.32 Å². The van der Waals surface area contributed by atoms with Crippen molar-refractivity contribution in [3.05, 3.63) is 17.7 Å². The van der Waals surface area contributed by atoms with E-state index in [9.17, 15) is 20.1 Å². The van der Waals surface area contributed by atoms with Gasteiger partial charge in [0.15, 0.2) is 11.5 Å². The summed E-state index contributed by atoms with van der Waals surface area (Å²) in [4.78, 5) is 13.6. The molecule has 4 N–H and O–H groups in total. The first-order valence-corrected chi connectivity index (χ1v) is 5.35. The highest BCUT2D eigenvalue weighted by atomic mass is 16.3. The zero-order chi connectivity index (χ0) is 12.4. The lowest BCUT2D eigenvalue weighted by atomic mass is 10.1. The number of hydrogen-bond donors (Lipinski definition) is 4. The van der Waals surface area contributed by atoms with Gasteiger partial charge in [-0.25, -0.2) is 0 Å². The molecular formula is C11H14N2O4. The van der Waals surface area contributed by atoms with Crippen molar-refractivity contribution in [2.24, 2.45) is 0 Å². The first-order chi connectivity index (χ1) is 8.11. The molecule has 1 aliphatic rings. The molecule has 1 heterocycles. The van der Waals surface area contributed by atoms with Gasteiger partial charge in [0.1, 0.15) is 0 Å². The van der Waals surface area contributed by atoms with E-state index in [0.29, 0.717) is 26.2 Å². The molecule has 1 aromatic carbocycles. The van der Waals surface area contributed by atoms with Crippen molar-refractivity contribution in [2.45, 2.75) is 0 Å². The number of hydrogen-bond acceptors (Lipinski definition) is 5. The minimum Gasteiger partial charge on any atom is -0.504 e. The number of benzene rings is 1. The average molecular weight is 238 g/mol. The maximum absolute atomic E-state index is 12.0. The highest BCUT2D eigenvalue weighted by molar-refractivity contribution is 5.98. The van der Waals surface area contributed by atoms with Crippen molar-refractivity contribution in [1.82, 2.24) is 10.2 Å². The van der Waals surface area contributed by atoms with Crippen molar-refractivity contribution in [1.29, 1.82) is 0 Å². The summed E-state index contributed by atoms with van der Waals surface area (Å²) in [7, 11) is 0. The van der Waals surface area contributed by atoms with Crippen LogP contribution in [0.3, 0.4) is 0 Å². The Bertz CT molecular complexity index is 441. The zero-order valence-corrected chi connectivity index (χ0v) is 9.18. The standard InChI is InChI=1S/C11H14N2O4/c14-8-2-1-7(9(15)10(8)16)11(17)13-5-3-12-4-6-13/h1-2,12,14-16H,3-6H2. The molecular weight excluding hydrogens is 224 g/mol. The third-order valence-corrected chi connectivity index (χ3v) is 2.76. The van der Waals surface area contributed by atoms with E-state index in [1.165, 1.54) is 12.1 Å². The molecule has 6 heteroatoms. The maximum atomic E-state index is 12.0. The Hall–Kier alpha value is -1.95. The molecule has 6 nitrogen and oxygen atoms in total. The quantitative estimate of drug-likeness (QED) is 0.510. The second-order valence-corrected chi connectivity index (χ2v) is 3.87. The van der Waals surface area contributed by atoms with Gasteiger partial charge in [-0.05, 0) is 12.1 Å². The number of carbonyl (C=O) groups excluding carboxylic acids is 1. The van der Waals surface area contributed by atoms with Crippen molar-refractivity contribution < 1.29 is 20.1 Å². The molecule has 0 aromatic heterocycles. The van der Waals surface area contributed by atoms with E-state index in [1.54, 1.807) is 4.90 Å². The van der Waals surface area contributed by atoms with Crippen molar-refractivity contribution >= 4 is 5.91 Å². The summed E-state index contributed by atoms with van der Waals surface area (Å²) >= 11 is 0. The minimum absolute atomic E-state index is 0.00204. The Labute approximate surface area is 98.1 Å². The zero-order valence-electron chi connectivity index (χ0n) is 9.18. The molecule has 2 rings (SSSR count). The molecule has 0 radical (unpaired) electrons. The van der Waals surface area contributed by atoms with Gasteiger partial charge in [-0.1, -0.05) is 0 Å². The van der Waals surface area contributed by atoms with Gasteiger partial charge >= 0.3 is 0 Å². The molecule has 92 valence electrons. The number of rotatable bonds is 1. The van der Waals surface area contributed by atoms with Gasteiger partial charge in [-0.3, -0.25) is 4.79 Å². The molecule has 1 saturated heterocycles. The predicted octanol–water partition coefficient (Wildman–Crippen LogP) is -0.151. The SMILES string of the molecule is O=C(c1ccc(O)c(O)c1O)N1CCNCC1. The summed E-state index contributed by atoms with van der Waals surface area (Å²) in [5.41, 5.74) is 0.00204.